The van der Waals surface area contributed by atoms with Crippen molar-refractivity contribution in [1.82, 2.24) is 9.80 Å². The molecule has 0 radical (unpaired) electrons. The van der Waals surface area contributed by atoms with Crippen molar-refractivity contribution in [3.63, 3.8) is 0 Å². The molecule has 1 aromatic carbocycles. The molecule has 0 spiro atoms. The highest BCUT2D eigenvalue weighted by atomic mass is 16.2. The Bertz CT molecular complexity index is 682. The number of carbonyl (C=O) groups excluding carboxylic acids is 2. The van der Waals surface area contributed by atoms with Crippen molar-refractivity contribution in [3.05, 3.63) is 35.9 Å². The SMILES string of the molecule is N#CCC(=O)N1CC2CN(C(=O)C3CC3c3ccccc3)CC2C1. The Hall–Kier alpha value is -2.35. The van der Waals surface area contributed by atoms with Gasteiger partial charge in [-0.15, -0.1) is 0 Å². The van der Waals surface area contributed by atoms with Gasteiger partial charge in [0.15, 0.2) is 0 Å². The molecule has 124 valence electrons. The quantitative estimate of drug-likeness (QED) is 0.849. The van der Waals surface area contributed by atoms with Gasteiger partial charge in [0.2, 0.25) is 11.8 Å². The molecule has 5 heteroatoms. The highest BCUT2D eigenvalue weighted by molar-refractivity contribution is 5.83. The summed E-state index contributed by atoms with van der Waals surface area (Å²) in [6.45, 7) is 2.92. The lowest BCUT2D eigenvalue weighted by molar-refractivity contribution is -0.132. The first-order chi connectivity index (χ1) is 11.7. The maximum Gasteiger partial charge on any atom is 0.236 e. The van der Waals surface area contributed by atoms with Crippen LogP contribution in [0.4, 0.5) is 0 Å². The van der Waals surface area contributed by atoms with E-state index in [9.17, 15) is 9.59 Å². The molecule has 4 rings (SSSR count). The average Bonchev–Trinajstić information content (AvgIpc) is 3.14. The number of benzene rings is 1. The number of hydrogen-bond donors (Lipinski definition) is 0. The van der Waals surface area contributed by atoms with Crippen LogP contribution in [0.5, 0.6) is 0 Å². The summed E-state index contributed by atoms with van der Waals surface area (Å²) >= 11 is 0. The molecular weight excluding hydrogens is 302 g/mol. The van der Waals surface area contributed by atoms with E-state index in [0.29, 0.717) is 30.8 Å². The minimum atomic E-state index is -0.0730. The van der Waals surface area contributed by atoms with E-state index in [0.717, 1.165) is 19.5 Å². The monoisotopic (exact) mass is 323 g/mol. The summed E-state index contributed by atoms with van der Waals surface area (Å²) in [5.41, 5.74) is 1.27. The molecule has 3 aliphatic rings. The third-order valence-electron chi connectivity index (χ3n) is 5.72. The standard InChI is InChI=1S/C19H21N3O2/c20-7-6-18(23)21-9-14-11-22(12-15(14)10-21)19(24)17-8-16(17)13-4-2-1-3-5-13/h1-5,14-17H,6,8-12H2. The molecule has 2 heterocycles. The molecule has 4 atom stereocenters. The zero-order valence-corrected chi connectivity index (χ0v) is 13.6. The summed E-state index contributed by atoms with van der Waals surface area (Å²) < 4.78 is 0. The van der Waals surface area contributed by atoms with Gasteiger partial charge in [-0.2, -0.15) is 5.26 Å². The number of rotatable bonds is 3. The average molecular weight is 323 g/mol. The molecule has 1 saturated carbocycles. The highest BCUT2D eigenvalue weighted by Gasteiger charge is 2.49. The fourth-order valence-corrected chi connectivity index (χ4v) is 4.33. The lowest BCUT2D eigenvalue weighted by atomic mass is 10.0. The molecule has 0 N–H and O–H groups in total. The number of hydrogen-bond acceptors (Lipinski definition) is 3. The Labute approximate surface area is 141 Å². The van der Waals surface area contributed by atoms with E-state index in [1.807, 2.05) is 29.2 Å². The van der Waals surface area contributed by atoms with Crippen LogP contribution in [0.2, 0.25) is 0 Å². The van der Waals surface area contributed by atoms with Crippen LogP contribution in [0.25, 0.3) is 0 Å². The van der Waals surface area contributed by atoms with Crippen molar-refractivity contribution in [2.24, 2.45) is 17.8 Å². The van der Waals surface area contributed by atoms with Gasteiger partial charge in [0.1, 0.15) is 6.42 Å². The van der Waals surface area contributed by atoms with E-state index < -0.39 is 0 Å². The van der Waals surface area contributed by atoms with Gasteiger partial charge in [0, 0.05) is 43.9 Å². The molecule has 24 heavy (non-hydrogen) atoms. The second-order valence-corrected chi connectivity index (χ2v) is 7.26. The van der Waals surface area contributed by atoms with E-state index in [-0.39, 0.29) is 24.2 Å². The molecular formula is C19H21N3O2. The second kappa shape index (κ2) is 5.94. The molecule has 0 bridgehead atoms. The van der Waals surface area contributed by atoms with E-state index >= 15 is 0 Å². The van der Waals surface area contributed by atoms with Crippen molar-refractivity contribution < 1.29 is 9.59 Å². The number of fused-ring (bicyclic) bond motifs is 1. The molecule has 0 aromatic heterocycles. The van der Waals surface area contributed by atoms with Crippen molar-refractivity contribution in [2.75, 3.05) is 26.2 Å². The predicted molar refractivity (Wildman–Crippen MR) is 87.7 cm³/mol. The van der Waals surface area contributed by atoms with Crippen LogP contribution in [0.1, 0.15) is 24.3 Å². The lowest BCUT2D eigenvalue weighted by Crippen LogP contribution is -2.36. The summed E-state index contributed by atoms with van der Waals surface area (Å²) in [4.78, 5) is 28.4. The minimum absolute atomic E-state index is 0.0388. The van der Waals surface area contributed by atoms with Gasteiger partial charge in [-0.3, -0.25) is 9.59 Å². The smallest absolute Gasteiger partial charge is 0.236 e. The van der Waals surface area contributed by atoms with Gasteiger partial charge in [-0.1, -0.05) is 30.3 Å². The molecule has 1 aliphatic carbocycles. The fraction of sp³-hybridized carbons (Fsp3) is 0.526. The summed E-state index contributed by atoms with van der Waals surface area (Å²) in [5, 5.41) is 8.65. The normalized spacial score (nSPS) is 30.8. The number of likely N-dealkylation sites (tertiary alicyclic amines) is 2. The predicted octanol–water partition coefficient (Wildman–Crippen LogP) is 1.62. The Morgan fingerprint density at radius 1 is 1.04 bits per heavy atom. The third-order valence-corrected chi connectivity index (χ3v) is 5.72. The Morgan fingerprint density at radius 2 is 1.67 bits per heavy atom. The summed E-state index contributed by atoms with van der Waals surface area (Å²) in [6.07, 6.45) is 0.921. The number of nitriles is 1. The number of amides is 2. The van der Waals surface area contributed by atoms with Crippen LogP contribution in [-0.4, -0.2) is 47.8 Å². The van der Waals surface area contributed by atoms with Crippen LogP contribution >= 0.6 is 0 Å². The van der Waals surface area contributed by atoms with Crippen molar-refractivity contribution in [1.29, 1.82) is 5.26 Å². The van der Waals surface area contributed by atoms with E-state index in [1.54, 1.807) is 4.90 Å². The van der Waals surface area contributed by atoms with Crippen LogP contribution < -0.4 is 0 Å². The highest BCUT2D eigenvalue weighted by Crippen LogP contribution is 2.49. The lowest BCUT2D eigenvalue weighted by Gasteiger charge is -2.21. The first kappa shape index (κ1) is 15.2. The van der Waals surface area contributed by atoms with Gasteiger partial charge in [0.05, 0.1) is 6.07 Å². The maximum atomic E-state index is 12.7. The van der Waals surface area contributed by atoms with Crippen LogP contribution in [0.15, 0.2) is 30.3 Å². The van der Waals surface area contributed by atoms with Crippen molar-refractivity contribution in [3.8, 4) is 6.07 Å². The number of carbonyl (C=O) groups is 2. The van der Waals surface area contributed by atoms with Gasteiger partial charge in [0.25, 0.3) is 0 Å². The molecule has 2 aliphatic heterocycles. The third kappa shape index (κ3) is 2.66. The molecule has 1 aromatic rings. The Balaban J connectivity index is 1.33. The van der Waals surface area contributed by atoms with Gasteiger partial charge >= 0.3 is 0 Å². The Morgan fingerprint density at radius 3 is 2.29 bits per heavy atom. The van der Waals surface area contributed by atoms with E-state index in [4.69, 9.17) is 5.26 Å². The van der Waals surface area contributed by atoms with Crippen LogP contribution in [0, 0.1) is 29.1 Å². The van der Waals surface area contributed by atoms with Crippen LogP contribution in [-0.2, 0) is 9.59 Å². The van der Waals surface area contributed by atoms with Crippen molar-refractivity contribution >= 4 is 11.8 Å². The molecule has 5 nitrogen and oxygen atoms in total. The van der Waals surface area contributed by atoms with E-state index in [1.165, 1.54) is 5.56 Å². The molecule has 2 saturated heterocycles. The first-order valence-electron chi connectivity index (χ1n) is 8.66. The molecule has 2 amide bonds. The summed E-state index contributed by atoms with van der Waals surface area (Å²) in [6, 6.07) is 12.2. The maximum absolute atomic E-state index is 12.7. The van der Waals surface area contributed by atoms with Gasteiger partial charge in [-0.05, 0) is 17.9 Å². The zero-order valence-electron chi connectivity index (χ0n) is 13.6. The Kier molecular flexibility index (Phi) is 3.76. The topological polar surface area (TPSA) is 64.4 Å². The summed E-state index contributed by atoms with van der Waals surface area (Å²) in [7, 11) is 0. The largest absolute Gasteiger partial charge is 0.342 e. The van der Waals surface area contributed by atoms with Crippen molar-refractivity contribution in [2.45, 2.75) is 18.8 Å². The second-order valence-electron chi connectivity index (χ2n) is 7.26. The van der Waals surface area contributed by atoms with E-state index in [2.05, 4.69) is 12.1 Å². The fourth-order valence-electron chi connectivity index (χ4n) is 4.33. The summed E-state index contributed by atoms with van der Waals surface area (Å²) in [5.74, 6) is 1.50. The van der Waals surface area contributed by atoms with Gasteiger partial charge in [-0.25, -0.2) is 0 Å². The first-order valence-corrected chi connectivity index (χ1v) is 8.66. The minimum Gasteiger partial charge on any atom is -0.342 e. The number of nitrogens with zero attached hydrogens (tertiary/aromatic N) is 3. The van der Waals surface area contributed by atoms with Gasteiger partial charge < -0.3 is 9.80 Å². The molecule has 4 unspecified atom stereocenters. The van der Waals surface area contributed by atoms with Crippen LogP contribution in [0.3, 0.4) is 0 Å². The molecule has 3 fully saturated rings. The zero-order chi connectivity index (χ0) is 16.7.